The lowest BCUT2D eigenvalue weighted by Crippen LogP contribution is -2.25. The first kappa shape index (κ1) is 11.0. The highest BCUT2D eigenvalue weighted by molar-refractivity contribution is 5.38. The van der Waals surface area contributed by atoms with E-state index in [2.05, 4.69) is 15.5 Å². The molecule has 0 spiro atoms. The second-order valence-corrected chi connectivity index (χ2v) is 3.21. The Hall–Kier alpha value is -1.07. The van der Waals surface area contributed by atoms with Crippen LogP contribution in [0.3, 0.4) is 0 Å². The van der Waals surface area contributed by atoms with Gasteiger partial charge in [-0.1, -0.05) is 0 Å². The first-order valence-corrected chi connectivity index (χ1v) is 4.81. The molecule has 0 fully saturated rings. The summed E-state index contributed by atoms with van der Waals surface area (Å²) in [5, 5.41) is 9.94. The van der Waals surface area contributed by atoms with Crippen LogP contribution in [0.5, 0.6) is 0 Å². The maximum Gasteiger partial charge on any atom is 0.0726 e. The van der Waals surface area contributed by atoms with Crippen molar-refractivity contribution >= 4 is 5.69 Å². The fourth-order valence-electron chi connectivity index (χ4n) is 1.33. The minimum absolute atomic E-state index is 0.307. The number of methoxy groups -OCH3 is 1. The molecule has 1 aromatic heterocycles. The largest absolute Gasteiger partial charge is 0.383 e. The van der Waals surface area contributed by atoms with Crippen molar-refractivity contribution in [2.45, 2.75) is 18.9 Å². The van der Waals surface area contributed by atoms with Crippen molar-refractivity contribution in [3.8, 4) is 0 Å². The van der Waals surface area contributed by atoms with Crippen LogP contribution in [0.4, 0.5) is 5.69 Å². The molecule has 0 aliphatic heterocycles. The predicted molar refractivity (Wildman–Crippen MR) is 56.2 cm³/mol. The molecule has 0 saturated carbocycles. The van der Waals surface area contributed by atoms with Gasteiger partial charge >= 0.3 is 0 Å². The number of hydrogen-bond donors (Lipinski definition) is 3. The fraction of sp³-hybridized carbons (Fsp3) is 0.667. The zero-order valence-electron chi connectivity index (χ0n) is 8.49. The van der Waals surface area contributed by atoms with E-state index in [1.165, 1.54) is 0 Å². The molecule has 5 heteroatoms. The van der Waals surface area contributed by atoms with Crippen molar-refractivity contribution < 1.29 is 4.74 Å². The van der Waals surface area contributed by atoms with E-state index in [1.54, 1.807) is 13.3 Å². The number of H-pyrrole nitrogens is 1. The zero-order valence-corrected chi connectivity index (χ0v) is 8.49. The highest BCUT2D eigenvalue weighted by Crippen LogP contribution is 2.07. The quantitative estimate of drug-likeness (QED) is 0.599. The van der Waals surface area contributed by atoms with Gasteiger partial charge in [-0.25, -0.2) is 0 Å². The average Bonchev–Trinajstić information content (AvgIpc) is 2.67. The van der Waals surface area contributed by atoms with Gasteiger partial charge in [-0.3, -0.25) is 5.10 Å². The Labute approximate surface area is 84.0 Å². The molecule has 80 valence electrons. The molecule has 0 saturated heterocycles. The maximum atomic E-state index is 5.46. The molecule has 0 aliphatic carbocycles. The molecule has 5 nitrogen and oxygen atoms in total. The van der Waals surface area contributed by atoms with Gasteiger partial charge in [-0.15, -0.1) is 0 Å². The molecule has 1 heterocycles. The van der Waals surface area contributed by atoms with Crippen LogP contribution in [0.2, 0.25) is 0 Å². The monoisotopic (exact) mass is 198 g/mol. The molecule has 1 atom stereocenters. The van der Waals surface area contributed by atoms with Crippen molar-refractivity contribution in [2.24, 2.45) is 5.73 Å². The lowest BCUT2D eigenvalue weighted by molar-refractivity contribution is 0.182. The van der Waals surface area contributed by atoms with Crippen LogP contribution in [0.25, 0.3) is 0 Å². The molecule has 1 unspecified atom stereocenters. The van der Waals surface area contributed by atoms with E-state index in [9.17, 15) is 0 Å². The van der Waals surface area contributed by atoms with Gasteiger partial charge in [-0.05, 0) is 19.4 Å². The molecule has 4 N–H and O–H groups in total. The highest BCUT2D eigenvalue weighted by Gasteiger charge is 2.07. The average molecular weight is 198 g/mol. The van der Waals surface area contributed by atoms with E-state index in [0.717, 1.165) is 18.5 Å². The summed E-state index contributed by atoms with van der Waals surface area (Å²) in [7, 11) is 1.70. The zero-order chi connectivity index (χ0) is 10.2. The van der Waals surface area contributed by atoms with Gasteiger partial charge in [0.05, 0.1) is 18.5 Å². The summed E-state index contributed by atoms with van der Waals surface area (Å²) in [5.41, 5.74) is 6.45. The minimum Gasteiger partial charge on any atom is -0.383 e. The van der Waals surface area contributed by atoms with Crippen molar-refractivity contribution in [3.05, 3.63) is 12.4 Å². The van der Waals surface area contributed by atoms with Crippen LogP contribution in [0.15, 0.2) is 12.4 Å². The van der Waals surface area contributed by atoms with E-state index in [1.807, 2.05) is 6.20 Å². The van der Waals surface area contributed by atoms with Crippen LogP contribution < -0.4 is 11.1 Å². The Kier molecular flexibility index (Phi) is 5.03. The number of hydrogen-bond acceptors (Lipinski definition) is 4. The third kappa shape index (κ3) is 3.76. The standard InChI is InChI=1S/C9H18N4O/c1-14-7-8(3-2-4-10)13-9-5-11-12-6-9/h5-6,8,13H,2-4,7,10H2,1H3,(H,11,12). The first-order chi connectivity index (χ1) is 6.86. The molecule has 0 aromatic carbocycles. The van der Waals surface area contributed by atoms with Crippen molar-refractivity contribution in [2.75, 3.05) is 25.6 Å². The lowest BCUT2D eigenvalue weighted by atomic mass is 10.1. The van der Waals surface area contributed by atoms with Crippen LogP contribution in [-0.2, 0) is 4.74 Å². The van der Waals surface area contributed by atoms with Crippen molar-refractivity contribution in [3.63, 3.8) is 0 Å². The van der Waals surface area contributed by atoms with E-state index in [4.69, 9.17) is 10.5 Å². The molecule has 0 bridgehead atoms. The minimum atomic E-state index is 0.307. The van der Waals surface area contributed by atoms with E-state index < -0.39 is 0 Å². The number of nitrogens with two attached hydrogens (primary N) is 1. The van der Waals surface area contributed by atoms with Crippen LogP contribution in [-0.4, -0.2) is 36.5 Å². The number of nitrogens with one attached hydrogen (secondary N) is 2. The Morgan fingerprint density at radius 2 is 2.57 bits per heavy atom. The number of anilines is 1. The summed E-state index contributed by atoms with van der Waals surface area (Å²) < 4.78 is 5.12. The number of rotatable bonds is 7. The second-order valence-electron chi connectivity index (χ2n) is 3.21. The molecule has 0 aliphatic rings. The Morgan fingerprint density at radius 3 is 3.14 bits per heavy atom. The third-order valence-corrected chi connectivity index (χ3v) is 1.99. The Balaban J connectivity index is 2.34. The van der Waals surface area contributed by atoms with Gasteiger partial charge in [-0.2, -0.15) is 5.10 Å². The van der Waals surface area contributed by atoms with Gasteiger partial charge < -0.3 is 15.8 Å². The second kappa shape index (κ2) is 6.39. The summed E-state index contributed by atoms with van der Waals surface area (Å²) in [4.78, 5) is 0. The maximum absolute atomic E-state index is 5.46. The van der Waals surface area contributed by atoms with E-state index >= 15 is 0 Å². The molecular formula is C9H18N4O. The number of aromatic amines is 1. The third-order valence-electron chi connectivity index (χ3n) is 1.99. The molecule has 0 radical (unpaired) electrons. The molecular weight excluding hydrogens is 180 g/mol. The SMILES string of the molecule is COCC(CCCN)Nc1cn[nH]c1. The van der Waals surface area contributed by atoms with Crippen molar-refractivity contribution in [1.29, 1.82) is 0 Å². The summed E-state index contributed by atoms with van der Waals surface area (Å²) in [6.07, 6.45) is 5.59. The topological polar surface area (TPSA) is 76.0 Å². The summed E-state index contributed by atoms with van der Waals surface area (Å²) in [5.74, 6) is 0. The highest BCUT2D eigenvalue weighted by atomic mass is 16.5. The summed E-state index contributed by atoms with van der Waals surface area (Å²) in [6, 6.07) is 0.307. The first-order valence-electron chi connectivity index (χ1n) is 4.81. The van der Waals surface area contributed by atoms with Gasteiger partial charge in [0.25, 0.3) is 0 Å². The molecule has 14 heavy (non-hydrogen) atoms. The molecule has 0 amide bonds. The number of aromatic nitrogens is 2. The number of nitrogens with zero attached hydrogens (tertiary/aromatic N) is 1. The normalized spacial score (nSPS) is 12.7. The van der Waals surface area contributed by atoms with Crippen LogP contribution >= 0.6 is 0 Å². The van der Waals surface area contributed by atoms with E-state index in [0.29, 0.717) is 19.2 Å². The fourth-order valence-corrected chi connectivity index (χ4v) is 1.33. The van der Waals surface area contributed by atoms with Crippen LogP contribution in [0, 0.1) is 0 Å². The molecule has 1 aromatic rings. The summed E-state index contributed by atoms with van der Waals surface area (Å²) in [6.45, 7) is 1.40. The van der Waals surface area contributed by atoms with Crippen molar-refractivity contribution in [1.82, 2.24) is 10.2 Å². The van der Waals surface area contributed by atoms with Gasteiger partial charge in [0.2, 0.25) is 0 Å². The van der Waals surface area contributed by atoms with Gasteiger partial charge in [0, 0.05) is 19.3 Å². The molecule has 1 rings (SSSR count). The number of ether oxygens (including phenoxy) is 1. The van der Waals surface area contributed by atoms with Gasteiger partial charge in [0.1, 0.15) is 0 Å². The predicted octanol–water partition coefficient (Wildman–Crippen LogP) is 0.576. The Bertz CT molecular complexity index is 225. The lowest BCUT2D eigenvalue weighted by Gasteiger charge is -2.17. The van der Waals surface area contributed by atoms with Gasteiger partial charge in [0.15, 0.2) is 0 Å². The van der Waals surface area contributed by atoms with Crippen LogP contribution in [0.1, 0.15) is 12.8 Å². The Morgan fingerprint density at radius 1 is 1.71 bits per heavy atom. The van der Waals surface area contributed by atoms with E-state index in [-0.39, 0.29) is 0 Å². The smallest absolute Gasteiger partial charge is 0.0726 e. The summed E-state index contributed by atoms with van der Waals surface area (Å²) >= 11 is 0.